The van der Waals surface area contributed by atoms with Crippen LogP contribution >= 0.6 is 0 Å². The van der Waals surface area contributed by atoms with Crippen molar-refractivity contribution in [3.63, 3.8) is 0 Å². The lowest BCUT2D eigenvalue weighted by Crippen LogP contribution is -2.22. The molecule has 0 fully saturated rings. The highest BCUT2D eigenvalue weighted by Gasteiger charge is 2.14. The van der Waals surface area contributed by atoms with Gasteiger partial charge in [-0.3, -0.25) is 9.63 Å². The molecule has 0 saturated heterocycles. The number of rotatable bonds is 4. The summed E-state index contributed by atoms with van der Waals surface area (Å²) in [5.41, 5.74) is 2.10. The first-order chi connectivity index (χ1) is 11.7. The second-order valence-electron chi connectivity index (χ2n) is 4.86. The standard InChI is InChI=1S/C16H14N4O4/c1-17-15(21)12-7-8-13-14(9-12)20(19-18-13)24-16(22)23-10-11-5-3-2-4-6-11/h2-9H,10H2,1H3,(H,17,21). The number of hydrogen-bond donors (Lipinski definition) is 1. The Bertz CT molecular complexity index is 876. The Balaban J connectivity index is 1.72. The highest BCUT2D eigenvalue weighted by Crippen LogP contribution is 2.13. The summed E-state index contributed by atoms with van der Waals surface area (Å²) in [5.74, 6) is -0.267. The normalized spacial score (nSPS) is 10.4. The predicted molar refractivity (Wildman–Crippen MR) is 84.1 cm³/mol. The van der Waals surface area contributed by atoms with Crippen LogP contribution in [0.4, 0.5) is 4.79 Å². The lowest BCUT2D eigenvalue weighted by atomic mass is 10.2. The molecule has 122 valence electrons. The average Bonchev–Trinajstić information content (AvgIpc) is 3.02. The molecule has 0 atom stereocenters. The Kier molecular flexibility index (Phi) is 4.37. The quantitative estimate of drug-likeness (QED) is 0.577. The molecule has 3 aromatic rings. The summed E-state index contributed by atoms with van der Waals surface area (Å²) in [6.07, 6.45) is -0.920. The number of aromatic nitrogens is 3. The minimum atomic E-state index is -0.920. The van der Waals surface area contributed by atoms with Crippen molar-refractivity contribution in [2.24, 2.45) is 0 Å². The van der Waals surface area contributed by atoms with E-state index in [4.69, 9.17) is 9.57 Å². The Morgan fingerprint density at radius 1 is 1.17 bits per heavy atom. The van der Waals surface area contributed by atoms with Gasteiger partial charge in [0.05, 0.1) is 0 Å². The maximum Gasteiger partial charge on any atom is 0.535 e. The molecule has 0 radical (unpaired) electrons. The maximum absolute atomic E-state index is 11.8. The summed E-state index contributed by atoms with van der Waals surface area (Å²) >= 11 is 0. The lowest BCUT2D eigenvalue weighted by molar-refractivity contribution is 0.0347. The number of amides is 1. The molecule has 0 aliphatic carbocycles. The fraction of sp³-hybridized carbons (Fsp3) is 0.125. The summed E-state index contributed by atoms with van der Waals surface area (Å²) in [6.45, 7) is 0.0792. The number of hydrogen-bond acceptors (Lipinski definition) is 6. The fourth-order valence-corrected chi connectivity index (χ4v) is 2.06. The van der Waals surface area contributed by atoms with Crippen molar-refractivity contribution < 1.29 is 19.2 Å². The molecule has 8 nitrogen and oxygen atoms in total. The molecule has 0 spiro atoms. The largest absolute Gasteiger partial charge is 0.535 e. The Morgan fingerprint density at radius 3 is 2.71 bits per heavy atom. The molecule has 0 aliphatic rings. The van der Waals surface area contributed by atoms with E-state index in [1.807, 2.05) is 30.3 Å². The summed E-state index contributed by atoms with van der Waals surface area (Å²) in [5, 5.41) is 10.1. The van der Waals surface area contributed by atoms with Crippen LogP contribution in [0, 0.1) is 0 Å². The molecular formula is C16H14N4O4. The topological polar surface area (TPSA) is 95.3 Å². The molecular weight excluding hydrogens is 312 g/mol. The van der Waals surface area contributed by atoms with Gasteiger partial charge in [-0.05, 0) is 29.0 Å². The van der Waals surface area contributed by atoms with Gasteiger partial charge in [0.25, 0.3) is 5.91 Å². The van der Waals surface area contributed by atoms with Gasteiger partial charge >= 0.3 is 6.16 Å². The van der Waals surface area contributed by atoms with Crippen molar-refractivity contribution in [1.82, 2.24) is 20.5 Å². The SMILES string of the molecule is CNC(=O)c1ccc2nnn(OC(=O)OCc3ccccc3)c2c1. The molecule has 1 amide bonds. The van der Waals surface area contributed by atoms with Gasteiger partial charge in [0.2, 0.25) is 0 Å². The molecule has 0 aliphatic heterocycles. The van der Waals surface area contributed by atoms with Crippen molar-refractivity contribution in [2.75, 3.05) is 7.05 Å². The zero-order valence-corrected chi connectivity index (χ0v) is 12.8. The van der Waals surface area contributed by atoms with E-state index in [1.54, 1.807) is 12.1 Å². The molecule has 1 aromatic heterocycles. The maximum atomic E-state index is 11.8. The average molecular weight is 326 g/mol. The first-order valence-electron chi connectivity index (χ1n) is 7.14. The van der Waals surface area contributed by atoms with Gasteiger partial charge in [-0.15, -0.1) is 5.10 Å². The van der Waals surface area contributed by atoms with Crippen molar-refractivity contribution in [2.45, 2.75) is 6.61 Å². The Morgan fingerprint density at radius 2 is 1.96 bits per heavy atom. The van der Waals surface area contributed by atoms with Gasteiger partial charge in [0.15, 0.2) is 0 Å². The van der Waals surface area contributed by atoms with Crippen LogP contribution in [0.2, 0.25) is 0 Å². The number of nitrogens with zero attached hydrogens (tertiary/aromatic N) is 3. The third-order valence-electron chi connectivity index (χ3n) is 3.26. The van der Waals surface area contributed by atoms with Gasteiger partial charge in [-0.1, -0.05) is 35.2 Å². The number of benzene rings is 2. The molecule has 1 N–H and O–H groups in total. The number of carbonyl (C=O) groups excluding carboxylic acids is 2. The molecule has 24 heavy (non-hydrogen) atoms. The van der Waals surface area contributed by atoms with Crippen LogP contribution in [-0.2, 0) is 11.3 Å². The Labute approximate surface area is 136 Å². The van der Waals surface area contributed by atoms with E-state index in [0.717, 1.165) is 10.4 Å². The van der Waals surface area contributed by atoms with Crippen molar-refractivity contribution in [3.05, 3.63) is 59.7 Å². The smallest absolute Gasteiger partial charge is 0.428 e. The summed E-state index contributed by atoms with van der Waals surface area (Å²) in [7, 11) is 1.53. The van der Waals surface area contributed by atoms with Crippen LogP contribution in [0.5, 0.6) is 0 Å². The highest BCUT2D eigenvalue weighted by molar-refractivity contribution is 5.97. The highest BCUT2D eigenvalue weighted by atomic mass is 16.8. The van der Waals surface area contributed by atoms with Gasteiger partial charge in [0.1, 0.15) is 17.6 Å². The molecule has 2 aromatic carbocycles. The molecule has 0 saturated carbocycles. The van der Waals surface area contributed by atoms with Crippen LogP contribution < -0.4 is 10.2 Å². The van der Waals surface area contributed by atoms with Crippen LogP contribution in [0.3, 0.4) is 0 Å². The molecule has 0 bridgehead atoms. The van der Waals surface area contributed by atoms with Gasteiger partial charge in [-0.25, -0.2) is 4.79 Å². The van der Waals surface area contributed by atoms with Gasteiger partial charge in [0, 0.05) is 12.6 Å². The predicted octanol–water partition coefficient (Wildman–Crippen LogP) is 1.56. The van der Waals surface area contributed by atoms with E-state index in [1.165, 1.54) is 13.1 Å². The minimum absolute atomic E-state index is 0.0792. The van der Waals surface area contributed by atoms with Crippen LogP contribution in [-0.4, -0.2) is 34.3 Å². The van der Waals surface area contributed by atoms with E-state index in [2.05, 4.69) is 15.6 Å². The zero-order chi connectivity index (χ0) is 16.9. The van der Waals surface area contributed by atoms with E-state index in [0.29, 0.717) is 16.6 Å². The number of ether oxygens (including phenoxy) is 1. The van der Waals surface area contributed by atoms with E-state index in [9.17, 15) is 9.59 Å². The van der Waals surface area contributed by atoms with Crippen LogP contribution in [0.15, 0.2) is 48.5 Å². The summed E-state index contributed by atoms with van der Waals surface area (Å²) in [4.78, 5) is 29.4. The zero-order valence-electron chi connectivity index (χ0n) is 12.8. The summed E-state index contributed by atoms with van der Waals surface area (Å²) in [6, 6.07) is 14.0. The Hall–Kier alpha value is -3.42. The van der Waals surface area contributed by atoms with E-state index >= 15 is 0 Å². The molecule has 3 rings (SSSR count). The van der Waals surface area contributed by atoms with E-state index < -0.39 is 6.16 Å². The monoisotopic (exact) mass is 326 g/mol. The lowest BCUT2D eigenvalue weighted by Gasteiger charge is -2.05. The minimum Gasteiger partial charge on any atom is -0.428 e. The second kappa shape index (κ2) is 6.78. The second-order valence-corrected chi connectivity index (χ2v) is 4.86. The molecule has 8 heteroatoms. The third-order valence-corrected chi connectivity index (χ3v) is 3.26. The fourth-order valence-electron chi connectivity index (χ4n) is 2.06. The number of fused-ring (bicyclic) bond motifs is 1. The first-order valence-corrected chi connectivity index (χ1v) is 7.14. The first kappa shape index (κ1) is 15.5. The third kappa shape index (κ3) is 3.32. The van der Waals surface area contributed by atoms with Crippen molar-refractivity contribution in [3.8, 4) is 0 Å². The molecule has 1 heterocycles. The van der Waals surface area contributed by atoms with Crippen molar-refractivity contribution in [1.29, 1.82) is 0 Å². The van der Waals surface area contributed by atoms with Gasteiger partial charge < -0.3 is 10.1 Å². The molecule has 0 unspecified atom stereocenters. The van der Waals surface area contributed by atoms with E-state index in [-0.39, 0.29) is 12.5 Å². The number of nitrogens with one attached hydrogen (secondary N) is 1. The van der Waals surface area contributed by atoms with Crippen molar-refractivity contribution >= 4 is 23.1 Å². The summed E-state index contributed by atoms with van der Waals surface area (Å²) < 4.78 is 5.02. The van der Waals surface area contributed by atoms with Gasteiger partial charge in [-0.2, -0.15) is 0 Å². The van der Waals surface area contributed by atoms with Crippen LogP contribution in [0.1, 0.15) is 15.9 Å². The van der Waals surface area contributed by atoms with Crippen LogP contribution in [0.25, 0.3) is 11.0 Å². The number of carbonyl (C=O) groups is 2.